The lowest BCUT2D eigenvalue weighted by molar-refractivity contribution is 0.0744. The molecular formula is C23H31NO5Si. The van der Waals surface area contributed by atoms with Crippen LogP contribution in [0.2, 0.25) is 18.1 Å². The van der Waals surface area contributed by atoms with E-state index in [1.165, 1.54) is 0 Å². The van der Waals surface area contributed by atoms with Crippen molar-refractivity contribution in [3.63, 3.8) is 0 Å². The molecule has 0 saturated heterocycles. The van der Waals surface area contributed by atoms with E-state index in [9.17, 15) is 14.7 Å². The summed E-state index contributed by atoms with van der Waals surface area (Å²) in [5.41, 5.74) is 1.24. The fraction of sp³-hybridized carbons (Fsp3) is 0.391. The van der Waals surface area contributed by atoms with E-state index in [0.29, 0.717) is 17.7 Å². The Kier molecular flexibility index (Phi) is 7.31. The first-order valence-corrected chi connectivity index (χ1v) is 12.8. The molecule has 0 aliphatic heterocycles. The van der Waals surface area contributed by atoms with Crippen LogP contribution in [0.1, 0.15) is 36.7 Å². The highest BCUT2D eigenvalue weighted by Gasteiger charge is 2.39. The van der Waals surface area contributed by atoms with Crippen LogP contribution in [-0.2, 0) is 6.42 Å². The van der Waals surface area contributed by atoms with Crippen molar-refractivity contribution in [2.24, 2.45) is 0 Å². The summed E-state index contributed by atoms with van der Waals surface area (Å²) >= 11 is 0. The molecule has 0 bridgehead atoms. The van der Waals surface area contributed by atoms with Crippen molar-refractivity contribution in [2.75, 3.05) is 13.7 Å². The first-order chi connectivity index (χ1) is 13.9. The van der Waals surface area contributed by atoms with E-state index in [-0.39, 0.29) is 11.6 Å². The third-order valence-corrected chi connectivity index (χ3v) is 9.90. The predicted octanol–water partition coefficient (Wildman–Crippen LogP) is 5.44. The Morgan fingerprint density at radius 1 is 0.967 bits per heavy atom. The van der Waals surface area contributed by atoms with Crippen molar-refractivity contribution >= 4 is 20.3 Å². The Bertz CT molecular complexity index is 870. The second-order valence-electron chi connectivity index (χ2n) is 8.72. The third kappa shape index (κ3) is 5.85. The molecule has 0 radical (unpaired) electrons. The van der Waals surface area contributed by atoms with Gasteiger partial charge in [-0.25, -0.2) is 9.69 Å². The largest absolute Gasteiger partial charge is 0.544 e. The second-order valence-corrected chi connectivity index (χ2v) is 13.4. The monoisotopic (exact) mass is 429 g/mol. The normalized spacial score (nSPS) is 11.7. The van der Waals surface area contributed by atoms with Crippen LogP contribution in [0.5, 0.6) is 11.5 Å². The Balaban J connectivity index is 2.08. The molecule has 1 N–H and O–H groups in total. The highest BCUT2D eigenvalue weighted by atomic mass is 28.4. The van der Waals surface area contributed by atoms with E-state index >= 15 is 0 Å². The van der Waals surface area contributed by atoms with Crippen LogP contribution >= 0.6 is 0 Å². The molecule has 30 heavy (non-hydrogen) atoms. The van der Waals surface area contributed by atoms with Crippen molar-refractivity contribution in [2.45, 2.75) is 45.3 Å². The summed E-state index contributed by atoms with van der Waals surface area (Å²) in [6, 6.07) is 14.0. The smallest absolute Gasteiger partial charge is 0.414 e. The minimum absolute atomic E-state index is 0.0586. The van der Waals surface area contributed by atoms with E-state index in [0.717, 1.165) is 16.2 Å². The lowest BCUT2D eigenvalue weighted by Gasteiger charge is -2.36. The molecule has 2 amide bonds. The average Bonchev–Trinajstić information content (AvgIpc) is 2.67. The zero-order chi connectivity index (χ0) is 22.5. The van der Waals surface area contributed by atoms with Gasteiger partial charge in [-0.15, -0.1) is 0 Å². The Labute approximate surface area is 179 Å². The van der Waals surface area contributed by atoms with Crippen LogP contribution in [0.4, 0.5) is 4.79 Å². The summed E-state index contributed by atoms with van der Waals surface area (Å²) in [6.45, 7) is 10.8. The lowest BCUT2D eigenvalue weighted by Crippen LogP contribution is -2.43. The van der Waals surface area contributed by atoms with Crippen molar-refractivity contribution in [1.82, 2.24) is 4.90 Å². The van der Waals surface area contributed by atoms with Crippen LogP contribution in [0.15, 0.2) is 48.5 Å². The molecule has 0 unspecified atom stereocenters. The Morgan fingerprint density at radius 2 is 1.50 bits per heavy atom. The van der Waals surface area contributed by atoms with E-state index in [1.807, 2.05) is 24.3 Å². The van der Waals surface area contributed by atoms with Crippen LogP contribution in [0.3, 0.4) is 0 Å². The van der Waals surface area contributed by atoms with Gasteiger partial charge in [-0.2, -0.15) is 0 Å². The number of nitrogens with zero attached hydrogens (tertiary/aromatic N) is 1. The number of amides is 2. The summed E-state index contributed by atoms with van der Waals surface area (Å²) in [6.07, 6.45) is -0.843. The summed E-state index contributed by atoms with van der Waals surface area (Å²) in [7, 11) is -0.400. The van der Waals surface area contributed by atoms with Crippen molar-refractivity contribution < 1.29 is 23.9 Å². The molecule has 0 heterocycles. The highest BCUT2D eigenvalue weighted by molar-refractivity contribution is 6.74. The number of ether oxygens (including phenoxy) is 1. The third-order valence-electron chi connectivity index (χ3n) is 5.54. The zero-order valence-electron chi connectivity index (χ0n) is 18.6. The van der Waals surface area contributed by atoms with Gasteiger partial charge < -0.3 is 14.3 Å². The maximum Gasteiger partial charge on any atom is 0.414 e. The highest BCUT2D eigenvalue weighted by Crippen LogP contribution is 2.37. The molecule has 2 aromatic rings. The van der Waals surface area contributed by atoms with Gasteiger partial charge in [-0.3, -0.25) is 4.79 Å². The number of carbonyl (C=O) groups is 2. The summed E-state index contributed by atoms with van der Waals surface area (Å²) in [4.78, 5) is 25.3. The van der Waals surface area contributed by atoms with Gasteiger partial charge in [-0.1, -0.05) is 32.9 Å². The van der Waals surface area contributed by atoms with Gasteiger partial charge in [0.15, 0.2) is 0 Å². The van der Waals surface area contributed by atoms with E-state index in [1.54, 1.807) is 31.4 Å². The van der Waals surface area contributed by atoms with Crippen LogP contribution in [0, 0.1) is 0 Å². The predicted molar refractivity (Wildman–Crippen MR) is 120 cm³/mol. The maximum absolute atomic E-state index is 12.8. The molecule has 0 aliphatic carbocycles. The molecule has 0 aromatic heterocycles. The van der Waals surface area contributed by atoms with Gasteiger partial charge in [0.25, 0.3) is 5.91 Å². The van der Waals surface area contributed by atoms with E-state index < -0.39 is 20.3 Å². The standard InChI is InChI=1S/C23H31NO5Si/c1-23(2,3)30(5,6)29-20-13-9-18(10-14-20)21(25)24(22(26)27)16-15-17-7-11-19(28-4)12-8-17/h7-14H,15-16H2,1-6H3,(H,26,27). The molecule has 0 fully saturated rings. The van der Waals surface area contributed by atoms with Gasteiger partial charge in [0.2, 0.25) is 8.32 Å². The number of carboxylic acid groups (broad SMARTS) is 1. The summed E-state index contributed by atoms with van der Waals surface area (Å²) < 4.78 is 11.3. The average molecular weight is 430 g/mol. The Morgan fingerprint density at radius 3 is 1.97 bits per heavy atom. The second kappa shape index (κ2) is 9.34. The van der Waals surface area contributed by atoms with Crippen LogP contribution in [-0.4, -0.2) is 44.0 Å². The topological polar surface area (TPSA) is 76.1 Å². The quantitative estimate of drug-likeness (QED) is 0.593. The van der Waals surface area contributed by atoms with Crippen LogP contribution in [0.25, 0.3) is 0 Å². The molecule has 0 spiro atoms. The minimum Gasteiger partial charge on any atom is -0.544 e. The Hall–Kier alpha value is -2.80. The van der Waals surface area contributed by atoms with Gasteiger partial charge in [0.05, 0.1) is 7.11 Å². The molecule has 0 aliphatic rings. The number of rotatable bonds is 7. The molecule has 6 nitrogen and oxygen atoms in total. The molecular weight excluding hydrogens is 398 g/mol. The molecule has 2 aromatic carbocycles. The summed E-state index contributed by atoms with van der Waals surface area (Å²) in [5.74, 6) is 0.873. The number of methoxy groups -OCH3 is 1. The molecule has 2 rings (SSSR count). The van der Waals surface area contributed by atoms with Crippen molar-refractivity contribution in [3.8, 4) is 11.5 Å². The number of carbonyl (C=O) groups excluding carboxylic acids is 1. The number of benzene rings is 2. The molecule has 0 saturated carbocycles. The number of hydrogen-bond acceptors (Lipinski definition) is 4. The van der Waals surface area contributed by atoms with Crippen molar-refractivity contribution in [1.29, 1.82) is 0 Å². The van der Waals surface area contributed by atoms with Gasteiger partial charge in [-0.05, 0) is 66.5 Å². The van der Waals surface area contributed by atoms with Gasteiger partial charge in [0.1, 0.15) is 11.5 Å². The maximum atomic E-state index is 12.8. The first-order valence-electron chi connectivity index (χ1n) is 9.91. The SMILES string of the molecule is COc1ccc(CCN(C(=O)O)C(=O)c2ccc(O[Si](C)(C)C(C)(C)C)cc2)cc1. The summed E-state index contributed by atoms with van der Waals surface area (Å²) in [5, 5.41) is 9.59. The number of imide groups is 1. The first kappa shape index (κ1) is 23.5. The van der Waals surface area contributed by atoms with Gasteiger partial charge >= 0.3 is 6.09 Å². The molecule has 0 atom stereocenters. The minimum atomic E-state index is -1.99. The number of hydrogen-bond donors (Lipinski definition) is 1. The fourth-order valence-electron chi connectivity index (χ4n) is 2.59. The lowest BCUT2D eigenvalue weighted by atomic mass is 10.1. The van der Waals surface area contributed by atoms with E-state index in [2.05, 4.69) is 33.9 Å². The van der Waals surface area contributed by atoms with E-state index in [4.69, 9.17) is 9.16 Å². The fourth-order valence-corrected chi connectivity index (χ4v) is 3.62. The van der Waals surface area contributed by atoms with Crippen molar-refractivity contribution in [3.05, 3.63) is 59.7 Å². The molecule has 162 valence electrons. The molecule has 7 heteroatoms. The van der Waals surface area contributed by atoms with Gasteiger partial charge in [0, 0.05) is 12.1 Å². The van der Waals surface area contributed by atoms with Crippen LogP contribution < -0.4 is 9.16 Å². The zero-order valence-corrected chi connectivity index (χ0v) is 19.6.